The molecule has 3 aromatic rings. The van der Waals surface area contributed by atoms with Gasteiger partial charge in [-0.25, -0.2) is 9.07 Å². The maximum absolute atomic E-state index is 14.7. The number of aryl methyl sites for hydroxylation is 1. The standard InChI is InChI=1S/C19H14BrFN4O/c1-2-16-17(19(23)26)18(14-7-6-12(20)9-15(14)21)25(24-16)13-5-3-4-11(8-13)10-22/h3-9H,2H2,1H3,(H2,23,26). The maximum Gasteiger partial charge on any atom is 0.252 e. The number of hydrogen-bond acceptors (Lipinski definition) is 3. The molecular weight excluding hydrogens is 399 g/mol. The molecule has 3 rings (SSSR count). The van der Waals surface area contributed by atoms with Gasteiger partial charge in [0.05, 0.1) is 34.3 Å². The minimum absolute atomic E-state index is 0.177. The second-order valence-corrected chi connectivity index (χ2v) is 6.50. The normalized spacial score (nSPS) is 10.5. The smallest absolute Gasteiger partial charge is 0.252 e. The van der Waals surface area contributed by atoms with Crippen molar-refractivity contribution in [2.45, 2.75) is 13.3 Å². The van der Waals surface area contributed by atoms with Crippen LogP contribution < -0.4 is 5.73 Å². The molecule has 0 saturated carbocycles. The zero-order valence-corrected chi connectivity index (χ0v) is 15.4. The fourth-order valence-corrected chi connectivity index (χ4v) is 3.13. The molecule has 2 aromatic carbocycles. The van der Waals surface area contributed by atoms with Gasteiger partial charge in [0.1, 0.15) is 5.82 Å². The van der Waals surface area contributed by atoms with E-state index in [0.717, 1.165) is 0 Å². The van der Waals surface area contributed by atoms with Crippen LogP contribution in [0, 0.1) is 17.1 Å². The molecule has 0 fully saturated rings. The molecule has 0 aliphatic carbocycles. The van der Waals surface area contributed by atoms with Gasteiger partial charge in [0.15, 0.2) is 0 Å². The highest BCUT2D eigenvalue weighted by Crippen LogP contribution is 2.32. The highest BCUT2D eigenvalue weighted by molar-refractivity contribution is 9.10. The number of nitriles is 1. The van der Waals surface area contributed by atoms with E-state index >= 15 is 0 Å². The second-order valence-electron chi connectivity index (χ2n) is 5.59. The minimum Gasteiger partial charge on any atom is -0.365 e. The molecule has 1 heterocycles. The van der Waals surface area contributed by atoms with Crippen molar-refractivity contribution in [2.75, 3.05) is 0 Å². The van der Waals surface area contributed by atoms with Gasteiger partial charge in [0.25, 0.3) is 5.91 Å². The Morgan fingerprint density at radius 3 is 2.73 bits per heavy atom. The Morgan fingerprint density at radius 1 is 1.35 bits per heavy atom. The predicted octanol–water partition coefficient (Wildman–Crippen LogP) is 3.97. The van der Waals surface area contributed by atoms with Crippen LogP contribution in [0.25, 0.3) is 16.9 Å². The molecule has 0 aliphatic rings. The summed E-state index contributed by atoms with van der Waals surface area (Å²) in [7, 11) is 0. The van der Waals surface area contributed by atoms with Crippen LogP contribution in [-0.4, -0.2) is 15.7 Å². The molecule has 0 unspecified atom stereocenters. The average molecular weight is 413 g/mol. The average Bonchev–Trinajstić information content (AvgIpc) is 3.01. The van der Waals surface area contributed by atoms with E-state index < -0.39 is 11.7 Å². The van der Waals surface area contributed by atoms with Crippen molar-refractivity contribution in [1.29, 1.82) is 5.26 Å². The summed E-state index contributed by atoms with van der Waals surface area (Å²) in [5.74, 6) is -1.19. The van der Waals surface area contributed by atoms with Crippen LogP contribution in [0.4, 0.5) is 4.39 Å². The molecule has 0 radical (unpaired) electrons. The van der Waals surface area contributed by atoms with E-state index in [1.165, 1.54) is 10.7 Å². The van der Waals surface area contributed by atoms with Crippen molar-refractivity contribution >= 4 is 21.8 Å². The Bertz CT molecular complexity index is 1050. The quantitative estimate of drug-likeness (QED) is 0.703. The second kappa shape index (κ2) is 7.10. The van der Waals surface area contributed by atoms with Crippen LogP contribution in [0.5, 0.6) is 0 Å². The summed E-state index contributed by atoms with van der Waals surface area (Å²) in [6, 6.07) is 13.3. The molecule has 1 aromatic heterocycles. The van der Waals surface area contributed by atoms with Crippen LogP contribution in [0.3, 0.4) is 0 Å². The van der Waals surface area contributed by atoms with Crippen LogP contribution in [-0.2, 0) is 6.42 Å². The maximum atomic E-state index is 14.7. The van der Waals surface area contributed by atoms with Crippen molar-refractivity contribution < 1.29 is 9.18 Å². The molecular formula is C19H14BrFN4O. The Kier molecular flexibility index (Phi) is 4.87. The Labute approximate surface area is 158 Å². The topological polar surface area (TPSA) is 84.7 Å². The lowest BCUT2D eigenvalue weighted by Crippen LogP contribution is -2.14. The van der Waals surface area contributed by atoms with E-state index in [0.29, 0.717) is 27.8 Å². The van der Waals surface area contributed by atoms with E-state index in [-0.39, 0.29) is 16.8 Å². The van der Waals surface area contributed by atoms with Crippen molar-refractivity contribution in [3.63, 3.8) is 0 Å². The van der Waals surface area contributed by atoms with Gasteiger partial charge in [-0.2, -0.15) is 10.4 Å². The third-order valence-electron chi connectivity index (χ3n) is 3.95. The van der Waals surface area contributed by atoms with Crippen molar-refractivity contribution in [3.8, 4) is 23.0 Å². The fourth-order valence-electron chi connectivity index (χ4n) is 2.79. The Morgan fingerprint density at radius 2 is 2.12 bits per heavy atom. The zero-order chi connectivity index (χ0) is 18.8. The number of nitrogens with zero attached hydrogens (tertiary/aromatic N) is 3. The number of amides is 1. The molecule has 0 atom stereocenters. The summed E-state index contributed by atoms with van der Waals surface area (Å²) >= 11 is 3.23. The summed E-state index contributed by atoms with van der Waals surface area (Å²) in [5.41, 5.74) is 7.68. The van der Waals surface area contributed by atoms with Gasteiger partial charge in [0.2, 0.25) is 0 Å². The van der Waals surface area contributed by atoms with Gasteiger partial charge in [0, 0.05) is 10.0 Å². The fraction of sp³-hybridized carbons (Fsp3) is 0.105. The highest BCUT2D eigenvalue weighted by atomic mass is 79.9. The molecule has 1 amide bonds. The lowest BCUT2D eigenvalue weighted by atomic mass is 10.0. The molecule has 26 heavy (non-hydrogen) atoms. The molecule has 5 nitrogen and oxygen atoms in total. The van der Waals surface area contributed by atoms with Gasteiger partial charge >= 0.3 is 0 Å². The summed E-state index contributed by atoms with van der Waals surface area (Å²) < 4.78 is 16.7. The first-order valence-corrected chi connectivity index (χ1v) is 8.63. The van der Waals surface area contributed by atoms with Crippen LogP contribution in [0.1, 0.15) is 28.5 Å². The third-order valence-corrected chi connectivity index (χ3v) is 4.44. The molecule has 0 aliphatic heterocycles. The SMILES string of the molecule is CCc1nn(-c2cccc(C#N)c2)c(-c2ccc(Br)cc2F)c1C(N)=O. The van der Waals surface area contributed by atoms with E-state index in [1.54, 1.807) is 36.4 Å². The minimum atomic E-state index is -0.679. The van der Waals surface area contributed by atoms with Crippen molar-refractivity contribution in [1.82, 2.24) is 9.78 Å². The number of aromatic nitrogens is 2. The monoisotopic (exact) mass is 412 g/mol. The van der Waals surface area contributed by atoms with Gasteiger partial charge in [-0.3, -0.25) is 4.79 Å². The third kappa shape index (κ3) is 3.11. The Hall–Kier alpha value is -2.98. The molecule has 7 heteroatoms. The zero-order valence-electron chi connectivity index (χ0n) is 13.8. The van der Waals surface area contributed by atoms with Gasteiger partial charge in [-0.15, -0.1) is 0 Å². The first kappa shape index (κ1) is 17.8. The Balaban J connectivity index is 2.38. The molecule has 2 N–H and O–H groups in total. The lowest BCUT2D eigenvalue weighted by Gasteiger charge is -2.10. The van der Waals surface area contributed by atoms with Gasteiger partial charge in [-0.05, 0) is 42.8 Å². The van der Waals surface area contributed by atoms with Gasteiger partial charge in [-0.1, -0.05) is 28.9 Å². The van der Waals surface area contributed by atoms with Gasteiger partial charge < -0.3 is 5.73 Å². The molecule has 0 bridgehead atoms. The van der Waals surface area contributed by atoms with Crippen molar-refractivity contribution in [3.05, 3.63) is 69.6 Å². The first-order chi connectivity index (χ1) is 12.5. The highest BCUT2D eigenvalue weighted by Gasteiger charge is 2.25. The first-order valence-electron chi connectivity index (χ1n) is 7.84. The molecule has 130 valence electrons. The summed E-state index contributed by atoms with van der Waals surface area (Å²) in [5, 5.41) is 13.6. The number of benzene rings is 2. The predicted molar refractivity (Wildman–Crippen MR) is 99.3 cm³/mol. The van der Waals surface area contributed by atoms with E-state index in [2.05, 4.69) is 27.1 Å². The van der Waals surface area contributed by atoms with E-state index in [9.17, 15) is 9.18 Å². The van der Waals surface area contributed by atoms with Crippen molar-refractivity contribution in [2.24, 2.45) is 5.73 Å². The number of carbonyl (C=O) groups is 1. The van der Waals surface area contributed by atoms with Crippen LogP contribution in [0.2, 0.25) is 0 Å². The summed E-state index contributed by atoms with van der Waals surface area (Å²) in [6.45, 7) is 1.84. The number of rotatable bonds is 4. The number of hydrogen-bond donors (Lipinski definition) is 1. The number of primary amides is 1. The summed E-state index contributed by atoms with van der Waals surface area (Å²) in [6.07, 6.45) is 0.453. The number of halogens is 2. The number of nitrogens with two attached hydrogens (primary N) is 1. The van der Waals surface area contributed by atoms with Crippen LogP contribution >= 0.6 is 15.9 Å². The molecule has 0 spiro atoms. The lowest BCUT2D eigenvalue weighted by molar-refractivity contribution is 0.1000. The van der Waals surface area contributed by atoms with E-state index in [4.69, 9.17) is 11.0 Å². The van der Waals surface area contributed by atoms with Crippen LogP contribution in [0.15, 0.2) is 46.9 Å². The summed E-state index contributed by atoms with van der Waals surface area (Å²) in [4.78, 5) is 12.1. The molecule has 0 saturated heterocycles. The largest absolute Gasteiger partial charge is 0.365 e. The van der Waals surface area contributed by atoms with E-state index in [1.807, 2.05) is 6.92 Å². The number of carbonyl (C=O) groups excluding carboxylic acids is 1.